The first-order valence-electron chi connectivity index (χ1n) is 9.22. The van der Waals surface area contributed by atoms with Crippen molar-refractivity contribution >= 4 is 32.4 Å². The number of rotatable bonds is 4. The molecule has 0 amide bonds. The average molecular weight is 375 g/mol. The van der Waals surface area contributed by atoms with E-state index in [1.165, 1.54) is 19.1 Å². The van der Waals surface area contributed by atoms with E-state index >= 15 is 0 Å². The normalized spacial score (nSPS) is 20.0. The zero-order valence-corrected chi connectivity index (χ0v) is 15.9. The first-order chi connectivity index (χ1) is 12.5. The van der Waals surface area contributed by atoms with E-state index in [2.05, 4.69) is 26.3 Å². The van der Waals surface area contributed by atoms with Crippen LogP contribution in [0.25, 0.3) is 10.8 Å². The maximum Gasteiger partial charge on any atom is 0.211 e. The molecule has 2 fully saturated rings. The molecule has 2 aromatic rings. The molecule has 140 valence electrons. The summed E-state index contributed by atoms with van der Waals surface area (Å²) in [5.41, 5.74) is 0. The van der Waals surface area contributed by atoms with Gasteiger partial charge in [0.15, 0.2) is 0 Å². The topological polar surface area (TPSA) is 78.4 Å². The molecule has 0 unspecified atom stereocenters. The second kappa shape index (κ2) is 7.00. The van der Waals surface area contributed by atoms with Crippen molar-refractivity contribution in [1.82, 2.24) is 14.3 Å². The van der Waals surface area contributed by atoms with Crippen molar-refractivity contribution in [1.29, 1.82) is 0 Å². The number of aromatic nitrogens is 2. The number of hydrogen-bond acceptors (Lipinski definition) is 6. The molecule has 2 aliphatic rings. The molecule has 0 atom stereocenters. The summed E-state index contributed by atoms with van der Waals surface area (Å²) in [4.78, 5) is 11.5. The Morgan fingerprint density at radius 1 is 1.12 bits per heavy atom. The summed E-state index contributed by atoms with van der Waals surface area (Å²) >= 11 is 0. The van der Waals surface area contributed by atoms with Crippen molar-refractivity contribution in [2.45, 2.75) is 31.7 Å². The van der Waals surface area contributed by atoms with Gasteiger partial charge in [-0.3, -0.25) is 0 Å². The predicted octanol–water partition coefficient (Wildman–Crippen LogP) is 2.07. The number of nitrogens with one attached hydrogen (secondary N) is 1. The fourth-order valence-corrected chi connectivity index (χ4v) is 4.73. The van der Waals surface area contributed by atoms with Crippen LogP contribution in [0.15, 0.2) is 24.5 Å². The third kappa shape index (κ3) is 3.61. The van der Waals surface area contributed by atoms with Gasteiger partial charge < -0.3 is 10.2 Å². The summed E-state index contributed by atoms with van der Waals surface area (Å²) in [6, 6.07) is 4.32. The molecule has 0 saturated carbocycles. The van der Waals surface area contributed by atoms with Gasteiger partial charge in [0.05, 0.1) is 6.26 Å². The minimum Gasteiger partial charge on any atom is -0.367 e. The molecule has 0 spiro atoms. The van der Waals surface area contributed by atoms with E-state index in [0.717, 1.165) is 48.3 Å². The molecular formula is C18H25N5O2S. The Morgan fingerprint density at radius 2 is 1.85 bits per heavy atom. The molecule has 0 bridgehead atoms. The molecule has 2 saturated heterocycles. The molecule has 26 heavy (non-hydrogen) atoms. The van der Waals surface area contributed by atoms with Crippen molar-refractivity contribution in [2.24, 2.45) is 0 Å². The number of pyridine rings is 2. The van der Waals surface area contributed by atoms with Gasteiger partial charge in [-0.1, -0.05) is 0 Å². The maximum atomic E-state index is 11.6. The van der Waals surface area contributed by atoms with Crippen molar-refractivity contribution in [2.75, 3.05) is 42.7 Å². The second-order valence-electron chi connectivity index (χ2n) is 7.20. The molecular weight excluding hydrogens is 350 g/mol. The van der Waals surface area contributed by atoms with Crippen LogP contribution in [0.5, 0.6) is 0 Å². The van der Waals surface area contributed by atoms with Gasteiger partial charge in [-0.15, -0.1) is 0 Å². The molecule has 7 nitrogen and oxygen atoms in total. The van der Waals surface area contributed by atoms with Crippen molar-refractivity contribution in [3.63, 3.8) is 0 Å². The van der Waals surface area contributed by atoms with Crippen LogP contribution in [0.3, 0.4) is 0 Å². The summed E-state index contributed by atoms with van der Waals surface area (Å²) in [5, 5.41) is 5.71. The van der Waals surface area contributed by atoms with Gasteiger partial charge in [-0.05, 0) is 37.8 Å². The van der Waals surface area contributed by atoms with E-state index in [4.69, 9.17) is 0 Å². The fraction of sp³-hybridized carbons (Fsp3) is 0.556. The van der Waals surface area contributed by atoms with Crippen LogP contribution in [0.4, 0.5) is 11.6 Å². The molecule has 8 heteroatoms. The lowest BCUT2D eigenvalue weighted by atomic mass is 10.1. The molecule has 1 N–H and O–H groups in total. The average Bonchev–Trinajstić information content (AvgIpc) is 3.15. The van der Waals surface area contributed by atoms with E-state index in [0.29, 0.717) is 13.1 Å². The summed E-state index contributed by atoms with van der Waals surface area (Å²) in [6.07, 6.45) is 9.03. The zero-order chi connectivity index (χ0) is 18.1. The van der Waals surface area contributed by atoms with Gasteiger partial charge in [0, 0.05) is 55.4 Å². The molecule has 4 rings (SSSR count). The number of anilines is 2. The molecule has 0 aromatic carbocycles. The Bertz CT molecular complexity index is 888. The van der Waals surface area contributed by atoms with Crippen molar-refractivity contribution < 1.29 is 8.42 Å². The highest BCUT2D eigenvalue weighted by Crippen LogP contribution is 2.29. The lowest BCUT2D eigenvalue weighted by Crippen LogP contribution is -2.41. The zero-order valence-electron chi connectivity index (χ0n) is 15.1. The quantitative estimate of drug-likeness (QED) is 0.881. The van der Waals surface area contributed by atoms with Crippen molar-refractivity contribution in [3.05, 3.63) is 24.5 Å². The third-order valence-corrected chi connectivity index (χ3v) is 6.61. The Hall–Kier alpha value is -1.93. The van der Waals surface area contributed by atoms with Gasteiger partial charge >= 0.3 is 0 Å². The van der Waals surface area contributed by atoms with Crippen LogP contribution < -0.4 is 10.2 Å². The van der Waals surface area contributed by atoms with E-state index in [1.807, 2.05) is 18.5 Å². The lowest BCUT2D eigenvalue weighted by Gasteiger charge is -2.31. The van der Waals surface area contributed by atoms with E-state index < -0.39 is 10.0 Å². The minimum atomic E-state index is -3.09. The number of nitrogens with zero attached hydrogens (tertiary/aromatic N) is 4. The van der Waals surface area contributed by atoms with E-state index in [1.54, 1.807) is 4.31 Å². The van der Waals surface area contributed by atoms with Crippen LogP contribution >= 0.6 is 0 Å². The number of piperidine rings is 1. The van der Waals surface area contributed by atoms with Gasteiger partial charge in [0.25, 0.3) is 0 Å². The van der Waals surface area contributed by atoms with Crippen LogP contribution in [0.1, 0.15) is 25.7 Å². The molecule has 0 radical (unpaired) electrons. The van der Waals surface area contributed by atoms with Gasteiger partial charge in [-0.2, -0.15) is 0 Å². The first kappa shape index (κ1) is 17.5. The molecule has 4 heterocycles. The summed E-state index contributed by atoms with van der Waals surface area (Å²) < 4.78 is 24.8. The van der Waals surface area contributed by atoms with Crippen molar-refractivity contribution in [3.8, 4) is 0 Å². The molecule has 0 aliphatic carbocycles. The van der Waals surface area contributed by atoms with Gasteiger partial charge in [-0.25, -0.2) is 22.7 Å². The summed E-state index contributed by atoms with van der Waals surface area (Å²) in [5.74, 6) is 1.88. The monoisotopic (exact) mass is 375 g/mol. The van der Waals surface area contributed by atoms with Gasteiger partial charge in [0.2, 0.25) is 10.0 Å². The Labute approximate surface area is 154 Å². The first-order valence-corrected chi connectivity index (χ1v) is 11.1. The van der Waals surface area contributed by atoms with E-state index in [9.17, 15) is 8.42 Å². The lowest BCUT2D eigenvalue weighted by molar-refractivity contribution is 0.331. The Kier molecular flexibility index (Phi) is 4.71. The minimum absolute atomic E-state index is 0.241. The van der Waals surface area contributed by atoms with Crippen LogP contribution in [0, 0.1) is 0 Å². The summed E-state index contributed by atoms with van der Waals surface area (Å²) in [6.45, 7) is 3.23. The molecule has 2 aromatic heterocycles. The fourth-order valence-electron chi connectivity index (χ4n) is 3.85. The highest BCUT2D eigenvalue weighted by atomic mass is 32.2. The SMILES string of the molecule is CS(=O)(=O)N1CCC(Nc2cc3c(N4CCCC4)nccc3cn2)CC1. The van der Waals surface area contributed by atoms with E-state index in [-0.39, 0.29) is 6.04 Å². The second-order valence-corrected chi connectivity index (χ2v) is 9.18. The number of fused-ring (bicyclic) bond motifs is 1. The standard InChI is InChI=1S/C18H25N5O2S/c1-26(24,25)23-10-5-15(6-11-23)21-17-12-16-14(13-20-17)4-7-19-18(16)22-8-2-3-9-22/h4,7,12-13,15H,2-3,5-6,8-11H2,1H3,(H,20,21). The maximum absolute atomic E-state index is 11.6. The predicted molar refractivity (Wildman–Crippen MR) is 104 cm³/mol. The largest absolute Gasteiger partial charge is 0.367 e. The molecule has 2 aliphatic heterocycles. The van der Waals surface area contributed by atoms with Gasteiger partial charge in [0.1, 0.15) is 11.6 Å². The van der Waals surface area contributed by atoms with Crippen LogP contribution in [0.2, 0.25) is 0 Å². The highest BCUT2D eigenvalue weighted by molar-refractivity contribution is 7.88. The number of hydrogen-bond donors (Lipinski definition) is 1. The number of sulfonamides is 1. The highest BCUT2D eigenvalue weighted by Gasteiger charge is 2.25. The third-order valence-electron chi connectivity index (χ3n) is 5.31. The van der Waals surface area contributed by atoms with Crippen LogP contribution in [-0.4, -0.2) is 61.2 Å². The Balaban J connectivity index is 1.52. The smallest absolute Gasteiger partial charge is 0.211 e. The Morgan fingerprint density at radius 3 is 2.54 bits per heavy atom. The van der Waals surface area contributed by atoms with Crippen LogP contribution in [-0.2, 0) is 10.0 Å². The summed E-state index contributed by atoms with van der Waals surface area (Å²) in [7, 11) is -3.09.